The van der Waals surface area contributed by atoms with Crippen molar-refractivity contribution in [3.8, 4) is 0 Å². The van der Waals surface area contributed by atoms with E-state index in [1.807, 2.05) is 13.2 Å². The van der Waals surface area contributed by atoms with Gasteiger partial charge in [0.1, 0.15) is 0 Å². The SMILES string of the molecule is CCOC(=O)OC(CC)OC(S)SC. The molecule has 0 bridgehead atoms. The fourth-order valence-electron chi connectivity index (χ4n) is 0.652. The van der Waals surface area contributed by atoms with E-state index in [-0.39, 0.29) is 4.77 Å². The van der Waals surface area contributed by atoms with E-state index in [0.717, 1.165) is 0 Å². The van der Waals surface area contributed by atoms with E-state index >= 15 is 0 Å². The summed E-state index contributed by atoms with van der Waals surface area (Å²) in [7, 11) is 0. The number of hydrogen-bond acceptors (Lipinski definition) is 6. The zero-order chi connectivity index (χ0) is 11.0. The maximum atomic E-state index is 10.9. The fourth-order valence-corrected chi connectivity index (χ4v) is 1.02. The molecule has 0 aromatic rings. The molecule has 0 amide bonds. The molecule has 84 valence electrons. The summed E-state index contributed by atoms with van der Waals surface area (Å²) in [4.78, 5) is 10.9. The first kappa shape index (κ1) is 13.9. The summed E-state index contributed by atoms with van der Waals surface area (Å²) in [5, 5.41) is 0. The number of carbonyl (C=O) groups is 1. The van der Waals surface area contributed by atoms with Crippen LogP contribution in [0.25, 0.3) is 0 Å². The van der Waals surface area contributed by atoms with Crippen molar-refractivity contribution in [1.29, 1.82) is 0 Å². The molecule has 0 spiro atoms. The molecule has 0 fully saturated rings. The van der Waals surface area contributed by atoms with Crippen molar-refractivity contribution in [2.24, 2.45) is 0 Å². The molecule has 14 heavy (non-hydrogen) atoms. The molecule has 0 aliphatic rings. The van der Waals surface area contributed by atoms with Crippen LogP contribution < -0.4 is 0 Å². The van der Waals surface area contributed by atoms with Crippen LogP contribution in [0.3, 0.4) is 0 Å². The van der Waals surface area contributed by atoms with E-state index < -0.39 is 12.4 Å². The Balaban J connectivity index is 3.83. The summed E-state index contributed by atoms with van der Waals surface area (Å²) in [6, 6.07) is 0. The molecule has 0 saturated carbocycles. The van der Waals surface area contributed by atoms with Crippen LogP contribution in [0.4, 0.5) is 4.79 Å². The third kappa shape index (κ3) is 6.39. The quantitative estimate of drug-likeness (QED) is 0.439. The zero-order valence-corrected chi connectivity index (χ0v) is 10.3. The number of ether oxygens (including phenoxy) is 3. The van der Waals surface area contributed by atoms with Gasteiger partial charge in [-0.2, -0.15) is 0 Å². The predicted molar refractivity (Wildman–Crippen MR) is 59.6 cm³/mol. The van der Waals surface area contributed by atoms with Gasteiger partial charge in [-0.1, -0.05) is 6.92 Å². The minimum Gasteiger partial charge on any atom is -0.435 e. The van der Waals surface area contributed by atoms with Gasteiger partial charge in [0.15, 0.2) is 4.77 Å². The van der Waals surface area contributed by atoms with Crippen LogP contribution in [0.2, 0.25) is 0 Å². The highest BCUT2D eigenvalue weighted by Gasteiger charge is 2.16. The van der Waals surface area contributed by atoms with Crippen LogP contribution in [0.1, 0.15) is 20.3 Å². The number of hydrogen-bond donors (Lipinski definition) is 1. The van der Waals surface area contributed by atoms with Crippen LogP contribution in [-0.4, -0.2) is 30.1 Å². The molecule has 0 rings (SSSR count). The van der Waals surface area contributed by atoms with Gasteiger partial charge in [0, 0.05) is 6.42 Å². The number of thiol groups is 1. The minimum absolute atomic E-state index is 0.294. The molecular weight excluding hydrogens is 224 g/mol. The second-order valence-electron chi connectivity index (χ2n) is 2.32. The molecule has 0 aliphatic carbocycles. The Morgan fingerprint density at radius 3 is 2.57 bits per heavy atom. The number of carbonyl (C=O) groups excluding carboxylic acids is 1. The lowest BCUT2D eigenvalue weighted by Gasteiger charge is -2.18. The molecule has 0 radical (unpaired) electrons. The first-order valence-electron chi connectivity index (χ1n) is 4.33. The Bertz CT molecular complexity index is 165. The van der Waals surface area contributed by atoms with Crippen molar-refractivity contribution < 1.29 is 19.0 Å². The second kappa shape index (κ2) is 8.26. The topological polar surface area (TPSA) is 44.8 Å². The lowest BCUT2D eigenvalue weighted by molar-refractivity contribution is -0.115. The van der Waals surface area contributed by atoms with Gasteiger partial charge in [-0.25, -0.2) is 4.79 Å². The maximum Gasteiger partial charge on any atom is 0.510 e. The van der Waals surface area contributed by atoms with Crippen LogP contribution in [0, 0.1) is 0 Å². The van der Waals surface area contributed by atoms with E-state index in [1.54, 1.807) is 6.92 Å². The molecule has 6 heteroatoms. The van der Waals surface area contributed by atoms with Gasteiger partial charge < -0.3 is 14.2 Å². The fraction of sp³-hybridized carbons (Fsp3) is 0.875. The van der Waals surface area contributed by atoms with Gasteiger partial charge in [-0.05, 0) is 13.2 Å². The normalized spacial score (nSPS) is 14.6. The summed E-state index contributed by atoms with van der Waals surface area (Å²) in [5.41, 5.74) is 0. The van der Waals surface area contributed by atoms with E-state index in [2.05, 4.69) is 17.4 Å². The van der Waals surface area contributed by atoms with Gasteiger partial charge >= 0.3 is 6.16 Å². The standard InChI is InChI=1S/C8H16O4S2/c1-4-6(12-8(13)14-3)11-7(9)10-5-2/h6,8,13H,4-5H2,1-3H3. The molecule has 0 aliphatic heterocycles. The molecule has 0 aromatic heterocycles. The number of rotatable bonds is 6. The first-order valence-corrected chi connectivity index (χ1v) is 6.14. The smallest absolute Gasteiger partial charge is 0.435 e. The monoisotopic (exact) mass is 240 g/mol. The Morgan fingerprint density at radius 1 is 1.50 bits per heavy atom. The molecule has 0 heterocycles. The largest absolute Gasteiger partial charge is 0.510 e. The van der Waals surface area contributed by atoms with Crippen molar-refractivity contribution in [3.63, 3.8) is 0 Å². The van der Waals surface area contributed by atoms with E-state index in [0.29, 0.717) is 13.0 Å². The summed E-state index contributed by atoms with van der Waals surface area (Å²) < 4.78 is 14.5. The molecule has 0 saturated heterocycles. The third-order valence-electron chi connectivity index (χ3n) is 1.29. The van der Waals surface area contributed by atoms with E-state index in [9.17, 15) is 4.79 Å². The number of thioether (sulfide) groups is 1. The zero-order valence-electron chi connectivity index (χ0n) is 8.56. The molecule has 2 atom stereocenters. The maximum absolute atomic E-state index is 10.9. The summed E-state index contributed by atoms with van der Waals surface area (Å²) in [6.07, 6.45) is 1.12. The average molecular weight is 240 g/mol. The van der Waals surface area contributed by atoms with Crippen LogP contribution in [0.15, 0.2) is 0 Å². The molecule has 0 aromatic carbocycles. The van der Waals surface area contributed by atoms with Crippen molar-refractivity contribution in [1.82, 2.24) is 0 Å². The van der Waals surface area contributed by atoms with Gasteiger partial charge in [0.05, 0.1) is 6.61 Å². The van der Waals surface area contributed by atoms with Gasteiger partial charge in [0.2, 0.25) is 6.29 Å². The van der Waals surface area contributed by atoms with Gasteiger partial charge in [-0.3, -0.25) is 0 Å². The highest BCUT2D eigenvalue weighted by molar-refractivity contribution is 8.09. The Morgan fingerprint density at radius 2 is 2.14 bits per heavy atom. The average Bonchev–Trinajstić information content (AvgIpc) is 2.16. The van der Waals surface area contributed by atoms with Crippen molar-refractivity contribution in [3.05, 3.63) is 0 Å². The van der Waals surface area contributed by atoms with Gasteiger partial charge in [-0.15, -0.1) is 24.4 Å². The lowest BCUT2D eigenvalue weighted by Crippen LogP contribution is -2.23. The molecular formula is C8H16O4S2. The minimum atomic E-state index is -0.707. The lowest BCUT2D eigenvalue weighted by atomic mass is 10.5. The van der Waals surface area contributed by atoms with E-state index in [1.165, 1.54) is 11.8 Å². The summed E-state index contributed by atoms with van der Waals surface area (Å²) >= 11 is 5.53. The van der Waals surface area contributed by atoms with Crippen LogP contribution in [0.5, 0.6) is 0 Å². The van der Waals surface area contributed by atoms with Gasteiger partial charge in [0.25, 0.3) is 0 Å². The molecule has 0 N–H and O–H groups in total. The van der Waals surface area contributed by atoms with Crippen molar-refractivity contribution >= 4 is 30.5 Å². The van der Waals surface area contributed by atoms with Crippen molar-refractivity contribution in [2.45, 2.75) is 31.3 Å². The van der Waals surface area contributed by atoms with Crippen molar-refractivity contribution in [2.75, 3.05) is 12.9 Å². The highest BCUT2D eigenvalue weighted by atomic mass is 32.2. The third-order valence-corrected chi connectivity index (χ3v) is 2.56. The first-order chi connectivity index (χ1) is 6.63. The van der Waals surface area contributed by atoms with Crippen LogP contribution >= 0.6 is 24.4 Å². The summed E-state index contributed by atoms with van der Waals surface area (Å²) in [6.45, 7) is 3.86. The van der Waals surface area contributed by atoms with Crippen LogP contribution in [-0.2, 0) is 14.2 Å². The second-order valence-corrected chi connectivity index (χ2v) is 4.04. The molecule has 2 unspecified atom stereocenters. The Hall–Kier alpha value is -0.0700. The summed E-state index contributed by atoms with van der Waals surface area (Å²) in [5.74, 6) is 0. The predicted octanol–water partition coefficient (Wildman–Crippen LogP) is 2.49. The van der Waals surface area contributed by atoms with E-state index in [4.69, 9.17) is 9.47 Å². The Kier molecular flexibility index (Phi) is 8.21. The molecule has 4 nitrogen and oxygen atoms in total. The Labute approximate surface area is 94.1 Å². The highest BCUT2D eigenvalue weighted by Crippen LogP contribution is 2.16.